The highest BCUT2D eigenvalue weighted by atomic mass is 32.2. The van der Waals surface area contributed by atoms with Gasteiger partial charge in [0.25, 0.3) is 0 Å². The first-order chi connectivity index (χ1) is 6.02. The Morgan fingerprint density at radius 2 is 1.77 bits per heavy atom. The second kappa shape index (κ2) is 3.40. The molecule has 0 atom stereocenters. The van der Waals surface area contributed by atoms with Gasteiger partial charge in [-0.15, -0.1) is 0 Å². The van der Waals surface area contributed by atoms with E-state index in [0.29, 0.717) is 0 Å². The van der Waals surface area contributed by atoms with E-state index in [4.69, 9.17) is 5.21 Å². The molecule has 0 bridgehead atoms. The predicted octanol–water partition coefficient (Wildman–Crippen LogP) is 0.475. The Morgan fingerprint density at radius 3 is 2.23 bits per heavy atom. The molecule has 0 aliphatic rings. The van der Waals surface area contributed by atoms with Gasteiger partial charge < -0.3 is 0 Å². The van der Waals surface area contributed by atoms with E-state index in [-0.39, 0.29) is 4.90 Å². The molecule has 13 heavy (non-hydrogen) atoms. The van der Waals surface area contributed by atoms with E-state index < -0.39 is 15.2 Å². The van der Waals surface area contributed by atoms with Gasteiger partial charge in [0.1, 0.15) is 9.80 Å². The first kappa shape index (κ1) is 9.46. The van der Waals surface area contributed by atoms with Crippen LogP contribution in [0.1, 0.15) is 0 Å². The van der Waals surface area contributed by atoms with Gasteiger partial charge in [0.15, 0.2) is 0 Å². The van der Waals surface area contributed by atoms with E-state index in [1.165, 1.54) is 24.3 Å². The molecule has 0 saturated carbocycles. The molecule has 0 aromatic heterocycles. The second-order valence-corrected chi connectivity index (χ2v) is 3.61. The van der Waals surface area contributed by atoms with Crippen LogP contribution in [0.5, 0.6) is 0 Å². The highest BCUT2D eigenvalue weighted by Gasteiger charge is 2.25. The minimum Gasteiger partial charge on any atom is -0.199 e. The molecule has 1 rings (SSSR count). The van der Waals surface area contributed by atoms with Crippen LogP contribution in [0, 0.1) is 4.91 Å². The molecule has 0 aliphatic heterocycles. The molecule has 0 aliphatic carbocycles. The maximum Gasteiger partial charge on any atom is 0.493 e. The topological polar surface area (TPSA) is 83.7 Å². The average Bonchev–Trinajstić information content (AvgIpc) is 2.04. The molecule has 0 fully saturated rings. The van der Waals surface area contributed by atoms with Crippen LogP contribution in [0.25, 0.3) is 0 Å². The summed E-state index contributed by atoms with van der Waals surface area (Å²) in [7, 11) is -4.20. The van der Waals surface area contributed by atoms with E-state index >= 15 is 0 Å². The van der Waals surface area contributed by atoms with Gasteiger partial charge in [-0.3, -0.25) is 0 Å². The molecule has 0 heterocycles. The lowest BCUT2D eigenvalue weighted by molar-refractivity contribution is -0.947. The van der Waals surface area contributed by atoms with Crippen LogP contribution in [0.2, 0.25) is 0 Å². The zero-order valence-corrected chi connectivity index (χ0v) is 7.14. The van der Waals surface area contributed by atoms with Gasteiger partial charge in [0.05, 0.1) is 0 Å². The smallest absolute Gasteiger partial charge is 0.199 e. The summed E-state index contributed by atoms with van der Waals surface area (Å²) in [5.74, 6) is 0. The zero-order chi connectivity index (χ0) is 9.90. The normalized spacial score (nSPS) is 10.8. The summed E-state index contributed by atoms with van der Waals surface area (Å²) >= 11 is 0. The summed E-state index contributed by atoms with van der Waals surface area (Å²) in [4.78, 5) is 9.70. The van der Waals surface area contributed by atoms with E-state index in [0.717, 1.165) is 0 Å². The van der Waals surface area contributed by atoms with Gasteiger partial charge in [-0.05, 0) is 16.4 Å². The van der Waals surface area contributed by atoms with Crippen molar-refractivity contribution in [2.75, 3.05) is 0 Å². The second-order valence-electron chi connectivity index (χ2n) is 2.08. The van der Waals surface area contributed by atoms with Gasteiger partial charge in [0.2, 0.25) is 0 Å². The van der Waals surface area contributed by atoms with Crippen molar-refractivity contribution in [3.05, 3.63) is 35.2 Å². The van der Waals surface area contributed by atoms with Gasteiger partial charge >= 0.3 is 15.2 Å². The Balaban J connectivity index is 3.02. The molecule has 1 aromatic carbocycles. The summed E-state index contributed by atoms with van der Waals surface area (Å²) in [6.45, 7) is 0. The highest BCUT2D eigenvalue weighted by Crippen LogP contribution is 2.10. The fourth-order valence-electron chi connectivity index (χ4n) is 0.714. The summed E-state index contributed by atoms with van der Waals surface area (Å²) in [6, 6.07) is 7.00. The van der Waals surface area contributed by atoms with Crippen molar-refractivity contribution in [2.24, 2.45) is 0 Å². The van der Waals surface area contributed by atoms with Crippen molar-refractivity contribution in [3.63, 3.8) is 0 Å². The number of nitrogens with zero attached hydrogens (tertiary/aromatic N) is 1. The number of hydrogen-bond donors (Lipinski definition) is 1. The molecule has 0 amide bonds. The third-order valence-corrected chi connectivity index (χ3v) is 2.37. The molecule has 0 radical (unpaired) electrons. The molecule has 6 nitrogen and oxygen atoms in total. The van der Waals surface area contributed by atoms with Crippen molar-refractivity contribution in [1.29, 1.82) is 0 Å². The van der Waals surface area contributed by atoms with Gasteiger partial charge in [0, 0.05) is 0 Å². The third kappa shape index (κ3) is 2.41. The fraction of sp³-hybridized carbons (Fsp3) is 0. The van der Waals surface area contributed by atoms with Crippen molar-refractivity contribution < 1.29 is 23.0 Å². The van der Waals surface area contributed by atoms with Crippen LogP contribution >= 0.6 is 0 Å². The highest BCUT2D eigenvalue weighted by molar-refractivity contribution is 7.86. The molecule has 0 spiro atoms. The van der Waals surface area contributed by atoms with Crippen LogP contribution in [0.4, 0.5) is 0 Å². The lowest BCUT2D eigenvalue weighted by Gasteiger charge is -1.93. The summed E-state index contributed by atoms with van der Waals surface area (Å²) in [5, 5.41) is 6.92. The molecular weight excluding hydrogens is 198 g/mol. The Hall–Kier alpha value is -1.63. The molecule has 0 saturated heterocycles. The number of hydrogen-bond acceptors (Lipinski definition) is 4. The third-order valence-electron chi connectivity index (χ3n) is 1.19. The number of benzene rings is 1. The van der Waals surface area contributed by atoms with E-state index in [1.807, 2.05) is 0 Å². The SMILES string of the molecule is O=[N+](O)OS(=O)(=O)c1ccccc1. The monoisotopic (exact) mass is 204 g/mol. The molecule has 1 aromatic rings. The maximum atomic E-state index is 11.0. The zero-order valence-electron chi connectivity index (χ0n) is 6.32. The summed E-state index contributed by atoms with van der Waals surface area (Å²) in [5.41, 5.74) is 0. The summed E-state index contributed by atoms with van der Waals surface area (Å²) < 4.78 is 25.7. The van der Waals surface area contributed by atoms with Gasteiger partial charge in [-0.1, -0.05) is 18.2 Å². The molecule has 1 N–H and O–H groups in total. The molecular formula is C6H6NO5S+. The van der Waals surface area contributed by atoms with Crippen molar-refractivity contribution >= 4 is 10.1 Å². The van der Waals surface area contributed by atoms with Crippen LogP contribution in [0.15, 0.2) is 35.2 Å². The van der Waals surface area contributed by atoms with E-state index in [1.54, 1.807) is 6.07 Å². The Bertz CT molecular complexity index is 398. The van der Waals surface area contributed by atoms with Crippen molar-refractivity contribution in [2.45, 2.75) is 4.90 Å². The lowest BCUT2D eigenvalue weighted by atomic mass is 10.4. The maximum absolute atomic E-state index is 11.0. The van der Waals surface area contributed by atoms with Crippen LogP contribution in [-0.4, -0.2) is 18.7 Å². The van der Waals surface area contributed by atoms with Crippen LogP contribution < -0.4 is 0 Å². The average molecular weight is 204 g/mol. The standard InChI is InChI=1S/C6H6NO5S/c8-7(9)12-13(10,11)6-4-2-1-3-5-6/h1-5H,(H,8,9)/q+1. The van der Waals surface area contributed by atoms with E-state index in [9.17, 15) is 13.3 Å². The van der Waals surface area contributed by atoms with Gasteiger partial charge in [-0.25, -0.2) is 0 Å². The molecule has 0 unspecified atom stereocenters. The Labute approximate surface area is 74.0 Å². The number of rotatable bonds is 3. The van der Waals surface area contributed by atoms with Crippen molar-refractivity contribution in [3.8, 4) is 0 Å². The summed E-state index contributed by atoms with van der Waals surface area (Å²) in [6.07, 6.45) is 0. The first-order valence-corrected chi connectivity index (χ1v) is 4.59. The largest absolute Gasteiger partial charge is 0.493 e. The molecule has 7 heteroatoms. The fourth-order valence-corrected chi connectivity index (χ4v) is 1.46. The van der Waals surface area contributed by atoms with E-state index in [2.05, 4.69) is 4.28 Å². The van der Waals surface area contributed by atoms with Gasteiger partial charge in [-0.2, -0.15) is 13.6 Å². The van der Waals surface area contributed by atoms with Crippen molar-refractivity contribution in [1.82, 2.24) is 0 Å². The minimum absolute atomic E-state index is 0.204. The Morgan fingerprint density at radius 1 is 1.23 bits per heavy atom. The lowest BCUT2D eigenvalue weighted by Crippen LogP contribution is -2.12. The quantitative estimate of drug-likeness (QED) is 0.723. The minimum atomic E-state index is -4.20. The van der Waals surface area contributed by atoms with Crippen LogP contribution in [-0.2, 0) is 14.4 Å². The molecule has 70 valence electrons. The predicted molar refractivity (Wildman–Crippen MR) is 40.1 cm³/mol. The Kier molecular flexibility index (Phi) is 2.47. The first-order valence-electron chi connectivity index (χ1n) is 3.18. The van der Waals surface area contributed by atoms with Crippen LogP contribution in [0.3, 0.4) is 0 Å².